The lowest BCUT2D eigenvalue weighted by atomic mass is 10.1. The van der Waals surface area contributed by atoms with Crippen molar-refractivity contribution in [3.05, 3.63) is 42.7 Å². The summed E-state index contributed by atoms with van der Waals surface area (Å²) in [4.78, 5) is 4.57. The maximum atomic E-state index is 13.0. The van der Waals surface area contributed by atoms with Gasteiger partial charge in [0.2, 0.25) is 0 Å². The maximum Gasteiger partial charge on any atom is 0.188 e. The van der Waals surface area contributed by atoms with Crippen LogP contribution in [0.3, 0.4) is 0 Å². The first-order valence-electron chi connectivity index (χ1n) is 8.27. The molecular weight excluding hydrogens is 350 g/mol. The number of methoxy groups -OCH3 is 1. The minimum Gasteiger partial charge on any atom is -0.495 e. The zero-order valence-corrected chi connectivity index (χ0v) is 16.4. The molecule has 0 amide bonds. The van der Waals surface area contributed by atoms with Crippen molar-refractivity contribution in [2.45, 2.75) is 30.4 Å². The average molecular weight is 373 g/mol. The van der Waals surface area contributed by atoms with E-state index in [1.165, 1.54) is 7.11 Å². The highest BCUT2D eigenvalue weighted by Crippen LogP contribution is 2.34. The summed E-state index contributed by atoms with van der Waals surface area (Å²) in [6.07, 6.45) is 3.33. The summed E-state index contributed by atoms with van der Waals surface area (Å²) in [5.41, 5.74) is 3.34. The van der Waals surface area contributed by atoms with Gasteiger partial charge in [-0.1, -0.05) is 12.1 Å². The molecule has 3 rings (SSSR count). The molecule has 0 aliphatic carbocycles. The van der Waals surface area contributed by atoms with Crippen molar-refractivity contribution < 1.29 is 13.2 Å². The van der Waals surface area contributed by atoms with Crippen LogP contribution in [0.25, 0.3) is 16.9 Å². The monoisotopic (exact) mass is 373 g/mol. The molecule has 0 unspecified atom stereocenters. The van der Waals surface area contributed by atoms with Crippen molar-refractivity contribution >= 4 is 21.2 Å². The van der Waals surface area contributed by atoms with E-state index in [0.29, 0.717) is 11.4 Å². The number of fused-ring (bicyclic) bond motifs is 1. The molecule has 3 aromatic rings. The fourth-order valence-electron chi connectivity index (χ4n) is 2.73. The zero-order valence-electron chi connectivity index (χ0n) is 15.6. The van der Waals surface area contributed by atoms with Crippen LogP contribution in [0.5, 0.6) is 5.75 Å². The molecule has 6 nitrogen and oxygen atoms in total. The molecule has 0 aliphatic rings. The predicted molar refractivity (Wildman–Crippen MR) is 104 cm³/mol. The fraction of sp³-hybridized carbons (Fsp3) is 0.316. The second-order valence-corrected chi connectivity index (χ2v) is 9.70. The van der Waals surface area contributed by atoms with Crippen LogP contribution in [-0.4, -0.2) is 36.7 Å². The normalized spacial score (nSPS) is 12.3. The summed E-state index contributed by atoms with van der Waals surface area (Å²) < 4.78 is 32.2. The van der Waals surface area contributed by atoms with Gasteiger partial charge < -0.3 is 10.1 Å². The van der Waals surface area contributed by atoms with Crippen LogP contribution in [0.4, 0.5) is 5.69 Å². The van der Waals surface area contributed by atoms with Crippen molar-refractivity contribution in [3.8, 4) is 17.0 Å². The molecule has 138 valence electrons. The summed E-state index contributed by atoms with van der Waals surface area (Å²) in [6, 6.07) is 9.52. The smallest absolute Gasteiger partial charge is 0.188 e. The quantitative estimate of drug-likeness (QED) is 0.756. The molecule has 0 fully saturated rings. The van der Waals surface area contributed by atoms with Gasteiger partial charge in [-0.05, 0) is 32.9 Å². The molecule has 0 spiro atoms. The SMILES string of the molecule is CNc1cccc(-c2cnc3cc(OC)c(S(=O)(=O)C(C)(C)C)cn23)c1. The van der Waals surface area contributed by atoms with Gasteiger partial charge in [-0.15, -0.1) is 0 Å². The Balaban J connectivity index is 2.29. The highest BCUT2D eigenvalue weighted by molar-refractivity contribution is 7.92. The van der Waals surface area contributed by atoms with E-state index in [9.17, 15) is 8.42 Å². The van der Waals surface area contributed by atoms with Crippen molar-refractivity contribution in [2.75, 3.05) is 19.5 Å². The average Bonchev–Trinajstić information content (AvgIpc) is 3.02. The van der Waals surface area contributed by atoms with E-state index in [4.69, 9.17) is 4.74 Å². The van der Waals surface area contributed by atoms with Gasteiger partial charge in [0.15, 0.2) is 9.84 Å². The summed E-state index contributed by atoms with van der Waals surface area (Å²) in [5.74, 6) is 0.300. The van der Waals surface area contributed by atoms with E-state index in [1.807, 2.05) is 31.3 Å². The molecule has 26 heavy (non-hydrogen) atoms. The molecule has 0 saturated heterocycles. The molecule has 2 aromatic heterocycles. The molecule has 0 saturated carbocycles. The molecule has 0 bridgehead atoms. The van der Waals surface area contributed by atoms with E-state index in [2.05, 4.69) is 10.3 Å². The fourth-order valence-corrected chi connectivity index (χ4v) is 4.04. The molecule has 1 N–H and O–H groups in total. The van der Waals surface area contributed by atoms with E-state index in [0.717, 1.165) is 16.9 Å². The number of benzene rings is 1. The molecule has 1 aromatic carbocycles. The van der Waals surface area contributed by atoms with Gasteiger partial charge in [-0.25, -0.2) is 13.4 Å². The number of aromatic nitrogens is 2. The van der Waals surface area contributed by atoms with E-state index in [1.54, 1.807) is 43.6 Å². The van der Waals surface area contributed by atoms with Crippen LogP contribution >= 0.6 is 0 Å². The number of sulfone groups is 1. The van der Waals surface area contributed by atoms with Crippen LogP contribution in [0, 0.1) is 0 Å². The summed E-state index contributed by atoms with van der Waals surface area (Å²) in [7, 11) is -0.267. The Kier molecular flexibility index (Phi) is 4.44. The van der Waals surface area contributed by atoms with Crippen molar-refractivity contribution in [2.24, 2.45) is 0 Å². The zero-order chi connectivity index (χ0) is 19.1. The first-order chi connectivity index (χ1) is 12.2. The van der Waals surface area contributed by atoms with Gasteiger partial charge >= 0.3 is 0 Å². The van der Waals surface area contributed by atoms with Gasteiger partial charge in [0.25, 0.3) is 0 Å². The number of rotatable bonds is 4. The standard InChI is InChI=1S/C19H23N3O3S/c1-19(2,3)26(23,24)17-12-22-15(11-21-18(22)10-16(17)25-5)13-7-6-8-14(9-13)20-4/h6-12,20H,1-5H3. The molecule has 0 atom stereocenters. The number of ether oxygens (including phenoxy) is 1. The van der Waals surface area contributed by atoms with E-state index >= 15 is 0 Å². The second-order valence-electron chi connectivity index (χ2n) is 7.02. The number of hydrogen-bond donors (Lipinski definition) is 1. The van der Waals surface area contributed by atoms with Gasteiger partial charge in [0.1, 0.15) is 16.3 Å². The van der Waals surface area contributed by atoms with Gasteiger partial charge in [0, 0.05) is 30.6 Å². The Morgan fingerprint density at radius 3 is 2.54 bits per heavy atom. The Hall–Kier alpha value is -2.54. The number of pyridine rings is 1. The van der Waals surface area contributed by atoms with Crippen molar-refractivity contribution in [3.63, 3.8) is 0 Å². The Labute approximate surface area is 153 Å². The summed E-state index contributed by atoms with van der Waals surface area (Å²) in [5, 5.41) is 3.11. The number of anilines is 1. The van der Waals surface area contributed by atoms with Crippen molar-refractivity contribution in [1.82, 2.24) is 9.38 Å². The third-order valence-electron chi connectivity index (χ3n) is 4.34. The van der Waals surface area contributed by atoms with Crippen LogP contribution in [0.15, 0.2) is 47.6 Å². The number of imidazole rings is 1. The number of nitrogens with zero attached hydrogens (tertiary/aromatic N) is 2. The first-order valence-corrected chi connectivity index (χ1v) is 9.75. The number of hydrogen-bond acceptors (Lipinski definition) is 5. The lowest BCUT2D eigenvalue weighted by Gasteiger charge is -2.21. The van der Waals surface area contributed by atoms with Crippen LogP contribution in [-0.2, 0) is 9.84 Å². The minimum atomic E-state index is -3.59. The van der Waals surface area contributed by atoms with Gasteiger partial charge in [-0.2, -0.15) is 0 Å². The lowest BCUT2D eigenvalue weighted by Crippen LogP contribution is -2.28. The topological polar surface area (TPSA) is 72.7 Å². The molecule has 0 radical (unpaired) electrons. The minimum absolute atomic E-state index is 0.157. The molecule has 2 heterocycles. The third kappa shape index (κ3) is 2.92. The Morgan fingerprint density at radius 2 is 1.92 bits per heavy atom. The predicted octanol–water partition coefficient (Wildman–Crippen LogP) is 3.62. The van der Waals surface area contributed by atoms with Crippen molar-refractivity contribution in [1.29, 1.82) is 0 Å². The van der Waals surface area contributed by atoms with Crippen LogP contribution in [0.1, 0.15) is 20.8 Å². The molecule has 7 heteroatoms. The summed E-state index contributed by atoms with van der Waals surface area (Å²) >= 11 is 0. The highest BCUT2D eigenvalue weighted by atomic mass is 32.2. The largest absolute Gasteiger partial charge is 0.495 e. The Morgan fingerprint density at radius 1 is 1.19 bits per heavy atom. The maximum absolute atomic E-state index is 13.0. The van der Waals surface area contributed by atoms with E-state index in [-0.39, 0.29) is 4.90 Å². The van der Waals surface area contributed by atoms with Gasteiger partial charge in [0.05, 0.1) is 23.7 Å². The highest BCUT2D eigenvalue weighted by Gasteiger charge is 2.34. The summed E-state index contributed by atoms with van der Waals surface area (Å²) in [6.45, 7) is 5.03. The first kappa shape index (κ1) is 18.3. The Bertz CT molecular complexity index is 1060. The number of nitrogens with one attached hydrogen (secondary N) is 1. The molecular formula is C19H23N3O3S. The van der Waals surface area contributed by atoms with Crippen LogP contribution < -0.4 is 10.1 Å². The van der Waals surface area contributed by atoms with Crippen LogP contribution in [0.2, 0.25) is 0 Å². The lowest BCUT2D eigenvalue weighted by molar-refractivity contribution is 0.401. The third-order valence-corrected chi connectivity index (χ3v) is 6.84. The van der Waals surface area contributed by atoms with E-state index < -0.39 is 14.6 Å². The second kappa shape index (κ2) is 6.32. The molecule has 0 aliphatic heterocycles. The van der Waals surface area contributed by atoms with Gasteiger partial charge in [-0.3, -0.25) is 4.40 Å².